The van der Waals surface area contributed by atoms with Gasteiger partial charge >= 0.3 is 0 Å². The number of benzene rings is 1. The maximum Gasteiger partial charge on any atom is 0.254 e. The van der Waals surface area contributed by atoms with Gasteiger partial charge in [-0.15, -0.1) is 0 Å². The number of carbonyl (C=O) groups excluding carboxylic acids is 2. The van der Waals surface area contributed by atoms with Crippen LogP contribution >= 0.6 is 0 Å². The van der Waals surface area contributed by atoms with E-state index in [4.69, 9.17) is 0 Å². The van der Waals surface area contributed by atoms with E-state index in [0.717, 1.165) is 18.4 Å². The molecule has 1 aliphatic carbocycles. The molecular weight excluding hydrogens is 381 g/mol. The first-order valence-electron chi connectivity index (χ1n) is 10.6. The molecule has 156 valence electrons. The van der Waals surface area contributed by atoms with Gasteiger partial charge in [-0.05, 0) is 62.6 Å². The Balaban J connectivity index is 1.61. The molecule has 1 fully saturated rings. The van der Waals surface area contributed by atoms with Crippen LogP contribution in [-0.2, 0) is 0 Å². The summed E-state index contributed by atoms with van der Waals surface area (Å²) in [4.78, 5) is 32.4. The zero-order valence-electron chi connectivity index (χ0n) is 17.4. The summed E-state index contributed by atoms with van der Waals surface area (Å²) < 4.78 is 15.1. The molecule has 4 rings (SSSR count). The SMILES string of the molecule is CCN(C(=O)c1ccc(C(=O)c2cnc3ccc(F)cn23)c(C)c1)C1CCCCC1. The minimum atomic E-state index is -0.436. The Hall–Kier alpha value is -3.02. The molecule has 0 atom stereocenters. The van der Waals surface area contributed by atoms with Gasteiger partial charge in [0.2, 0.25) is 5.78 Å². The van der Waals surface area contributed by atoms with Gasteiger partial charge in [0.1, 0.15) is 17.2 Å². The van der Waals surface area contributed by atoms with Crippen LogP contribution in [0.5, 0.6) is 0 Å². The number of rotatable bonds is 5. The molecule has 0 unspecified atom stereocenters. The molecule has 6 heteroatoms. The molecule has 2 heterocycles. The molecule has 3 aromatic rings. The number of carbonyl (C=O) groups is 2. The predicted octanol–water partition coefficient (Wildman–Crippen LogP) is 4.81. The summed E-state index contributed by atoms with van der Waals surface area (Å²) in [5, 5.41) is 0. The minimum absolute atomic E-state index is 0.0170. The number of hydrogen-bond donors (Lipinski definition) is 0. The first kappa shape index (κ1) is 20.3. The van der Waals surface area contributed by atoms with Crippen LogP contribution in [0.1, 0.15) is 71.0 Å². The van der Waals surface area contributed by atoms with Gasteiger partial charge in [-0.1, -0.05) is 19.3 Å². The summed E-state index contributed by atoms with van der Waals surface area (Å²) in [6.07, 6.45) is 8.40. The van der Waals surface area contributed by atoms with Crippen LogP contribution in [-0.4, -0.2) is 38.6 Å². The van der Waals surface area contributed by atoms with Crippen molar-refractivity contribution in [2.45, 2.75) is 52.0 Å². The van der Waals surface area contributed by atoms with Crippen molar-refractivity contribution in [3.8, 4) is 0 Å². The molecule has 0 saturated heterocycles. The quantitative estimate of drug-likeness (QED) is 0.571. The lowest BCUT2D eigenvalue weighted by molar-refractivity contribution is 0.0647. The fourth-order valence-electron chi connectivity index (χ4n) is 4.44. The van der Waals surface area contributed by atoms with Crippen LogP contribution in [0, 0.1) is 12.7 Å². The van der Waals surface area contributed by atoms with Gasteiger partial charge in [0.15, 0.2) is 0 Å². The van der Waals surface area contributed by atoms with E-state index in [1.54, 1.807) is 18.2 Å². The van der Waals surface area contributed by atoms with Crippen molar-refractivity contribution in [3.05, 3.63) is 70.9 Å². The minimum Gasteiger partial charge on any atom is -0.336 e. The van der Waals surface area contributed by atoms with Crippen LogP contribution in [0.2, 0.25) is 0 Å². The van der Waals surface area contributed by atoms with E-state index in [2.05, 4.69) is 4.98 Å². The highest BCUT2D eigenvalue weighted by atomic mass is 19.1. The molecule has 0 bridgehead atoms. The third kappa shape index (κ3) is 3.74. The van der Waals surface area contributed by atoms with Gasteiger partial charge in [-0.2, -0.15) is 0 Å². The van der Waals surface area contributed by atoms with Crippen molar-refractivity contribution >= 4 is 17.3 Å². The molecule has 2 aromatic heterocycles. The summed E-state index contributed by atoms with van der Waals surface area (Å²) in [7, 11) is 0. The molecule has 1 aromatic carbocycles. The van der Waals surface area contributed by atoms with Crippen LogP contribution in [0.4, 0.5) is 4.39 Å². The summed E-state index contributed by atoms with van der Waals surface area (Å²) in [5.41, 5.74) is 2.61. The number of halogens is 1. The first-order valence-corrected chi connectivity index (χ1v) is 10.6. The van der Waals surface area contributed by atoms with Crippen LogP contribution < -0.4 is 0 Å². The van der Waals surface area contributed by atoms with Gasteiger partial charge in [0.25, 0.3) is 5.91 Å². The second-order valence-electron chi connectivity index (χ2n) is 7.96. The summed E-state index contributed by atoms with van der Waals surface area (Å²) >= 11 is 0. The van der Waals surface area contributed by atoms with Crippen LogP contribution in [0.15, 0.2) is 42.7 Å². The zero-order chi connectivity index (χ0) is 21.3. The number of aromatic nitrogens is 2. The number of aryl methyl sites for hydroxylation is 1. The highest BCUT2D eigenvalue weighted by Gasteiger charge is 2.26. The van der Waals surface area contributed by atoms with Crippen molar-refractivity contribution in [2.24, 2.45) is 0 Å². The van der Waals surface area contributed by atoms with Crippen LogP contribution in [0.25, 0.3) is 5.65 Å². The molecule has 0 aliphatic heterocycles. The number of hydrogen-bond acceptors (Lipinski definition) is 3. The number of pyridine rings is 1. The number of fused-ring (bicyclic) bond motifs is 1. The maximum atomic E-state index is 13.6. The second-order valence-corrected chi connectivity index (χ2v) is 7.96. The molecule has 1 aliphatic rings. The third-order valence-corrected chi connectivity index (χ3v) is 6.04. The predicted molar refractivity (Wildman–Crippen MR) is 113 cm³/mol. The fraction of sp³-hybridized carbons (Fsp3) is 0.375. The molecule has 0 radical (unpaired) electrons. The highest BCUT2D eigenvalue weighted by Crippen LogP contribution is 2.25. The number of amides is 1. The average molecular weight is 407 g/mol. The smallest absolute Gasteiger partial charge is 0.254 e. The monoisotopic (exact) mass is 407 g/mol. The van der Waals surface area contributed by atoms with E-state index in [9.17, 15) is 14.0 Å². The Morgan fingerprint density at radius 1 is 1.17 bits per heavy atom. The zero-order valence-corrected chi connectivity index (χ0v) is 17.4. The standard InChI is InChI=1S/C24H26FN3O2/c1-3-27(19-7-5-4-6-8-19)24(30)17-9-11-20(16(2)13-17)23(29)21-14-26-22-12-10-18(25)15-28(21)22/h9-15,19H,3-8H2,1-2H3. The second kappa shape index (κ2) is 8.38. The van der Waals surface area contributed by atoms with Gasteiger partial charge in [0.05, 0.1) is 6.20 Å². The molecule has 0 N–H and O–H groups in total. The Morgan fingerprint density at radius 2 is 1.93 bits per heavy atom. The summed E-state index contributed by atoms with van der Waals surface area (Å²) in [5.74, 6) is -0.665. The van der Waals surface area contributed by atoms with Crippen molar-refractivity contribution in [2.75, 3.05) is 6.54 Å². The van der Waals surface area contributed by atoms with E-state index in [1.807, 2.05) is 18.7 Å². The average Bonchev–Trinajstić information content (AvgIpc) is 3.17. The molecule has 30 heavy (non-hydrogen) atoms. The lowest BCUT2D eigenvalue weighted by Crippen LogP contribution is -2.41. The first-order chi connectivity index (χ1) is 14.5. The van der Waals surface area contributed by atoms with Gasteiger partial charge in [-0.25, -0.2) is 9.37 Å². The lowest BCUT2D eigenvalue weighted by Gasteiger charge is -2.33. The highest BCUT2D eigenvalue weighted by molar-refractivity contribution is 6.09. The van der Waals surface area contributed by atoms with E-state index < -0.39 is 5.82 Å². The number of imidazole rings is 1. The van der Waals surface area contributed by atoms with E-state index in [1.165, 1.54) is 48.2 Å². The number of ketones is 1. The third-order valence-electron chi connectivity index (χ3n) is 6.04. The largest absolute Gasteiger partial charge is 0.336 e. The van der Waals surface area contributed by atoms with Crippen LogP contribution in [0.3, 0.4) is 0 Å². The van der Waals surface area contributed by atoms with Gasteiger partial charge in [0, 0.05) is 29.9 Å². The van der Waals surface area contributed by atoms with Gasteiger partial charge in [-0.3, -0.25) is 14.0 Å². The molecule has 1 amide bonds. The maximum absolute atomic E-state index is 13.6. The van der Waals surface area contributed by atoms with Crippen molar-refractivity contribution in [1.82, 2.24) is 14.3 Å². The molecule has 5 nitrogen and oxygen atoms in total. The van der Waals surface area contributed by atoms with Gasteiger partial charge < -0.3 is 4.90 Å². The Labute approximate surface area is 175 Å². The fourth-order valence-corrected chi connectivity index (χ4v) is 4.44. The Bertz CT molecular complexity index is 1100. The van der Waals surface area contributed by atoms with E-state index in [-0.39, 0.29) is 11.7 Å². The summed E-state index contributed by atoms with van der Waals surface area (Å²) in [6, 6.07) is 8.34. The molecular formula is C24H26FN3O2. The topological polar surface area (TPSA) is 54.7 Å². The van der Waals surface area contributed by atoms with E-state index in [0.29, 0.717) is 35.1 Å². The van der Waals surface area contributed by atoms with Crippen molar-refractivity contribution < 1.29 is 14.0 Å². The molecule has 1 saturated carbocycles. The van der Waals surface area contributed by atoms with Crippen molar-refractivity contribution in [3.63, 3.8) is 0 Å². The normalized spacial score (nSPS) is 14.8. The molecule has 0 spiro atoms. The Morgan fingerprint density at radius 3 is 2.63 bits per heavy atom. The lowest BCUT2D eigenvalue weighted by atomic mass is 9.93. The Kier molecular flexibility index (Phi) is 5.66. The van der Waals surface area contributed by atoms with Crippen molar-refractivity contribution in [1.29, 1.82) is 0 Å². The number of nitrogens with zero attached hydrogens (tertiary/aromatic N) is 3. The summed E-state index contributed by atoms with van der Waals surface area (Å²) in [6.45, 7) is 4.52. The van der Waals surface area contributed by atoms with E-state index >= 15 is 0 Å².